The van der Waals surface area contributed by atoms with Gasteiger partial charge in [-0.25, -0.2) is 0 Å². The third-order valence-corrected chi connectivity index (χ3v) is 4.02. The fourth-order valence-electron chi connectivity index (χ4n) is 2.20. The molecule has 132 valence electrons. The number of rotatable bonds is 5. The SMILES string of the molecule is CC(C)c1ccc(/C=C(\C#N)C(=O)Nc2cc([N+](=O)[O-])ccc2Cl)cc1. The molecule has 0 fully saturated rings. The number of carbonyl (C=O) groups is 1. The predicted molar refractivity (Wildman–Crippen MR) is 101 cm³/mol. The average Bonchev–Trinajstić information content (AvgIpc) is 2.61. The van der Waals surface area contributed by atoms with Crippen LogP contribution in [0, 0.1) is 21.4 Å². The Morgan fingerprint density at radius 2 is 1.92 bits per heavy atom. The zero-order valence-electron chi connectivity index (χ0n) is 14.2. The Morgan fingerprint density at radius 3 is 2.46 bits per heavy atom. The predicted octanol–water partition coefficient (Wildman–Crippen LogP) is 4.92. The summed E-state index contributed by atoms with van der Waals surface area (Å²) in [5.41, 5.74) is 1.57. The fourth-order valence-corrected chi connectivity index (χ4v) is 2.37. The Kier molecular flexibility index (Phi) is 6.10. The number of nitrogens with zero attached hydrogens (tertiary/aromatic N) is 2. The van der Waals surface area contributed by atoms with Crippen molar-refractivity contribution in [1.82, 2.24) is 0 Å². The molecule has 1 N–H and O–H groups in total. The molecule has 0 aliphatic rings. The smallest absolute Gasteiger partial charge is 0.271 e. The second-order valence-corrected chi connectivity index (χ2v) is 6.27. The molecule has 0 atom stereocenters. The van der Waals surface area contributed by atoms with Gasteiger partial charge in [-0.2, -0.15) is 5.26 Å². The van der Waals surface area contributed by atoms with Crippen molar-refractivity contribution in [2.75, 3.05) is 5.32 Å². The van der Waals surface area contributed by atoms with Gasteiger partial charge in [-0.1, -0.05) is 49.7 Å². The van der Waals surface area contributed by atoms with Gasteiger partial charge in [0.05, 0.1) is 15.6 Å². The Labute approximate surface area is 155 Å². The van der Waals surface area contributed by atoms with Crippen molar-refractivity contribution in [2.24, 2.45) is 0 Å². The van der Waals surface area contributed by atoms with Gasteiger partial charge in [-0.15, -0.1) is 0 Å². The molecule has 0 bridgehead atoms. The third kappa shape index (κ3) is 4.68. The average molecular weight is 370 g/mol. The Morgan fingerprint density at radius 1 is 1.27 bits per heavy atom. The molecule has 0 spiro atoms. The molecule has 6 nitrogen and oxygen atoms in total. The minimum Gasteiger partial charge on any atom is -0.320 e. The summed E-state index contributed by atoms with van der Waals surface area (Å²) >= 11 is 5.96. The van der Waals surface area contributed by atoms with Crippen molar-refractivity contribution in [1.29, 1.82) is 5.26 Å². The normalized spacial score (nSPS) is 11.1. The van der Waals surface area contributed by atoms with Gasteiger partial charge in [0.2, 0.25) is 0 Å². The quantitative estimate of drug-likeness (QED) is 0.350. The van der Waals surface area contributed by atoms with Gasteiger partial charge in [-0.05, 0) is 29.2 Å². The lowest BCUT2D eigenvalue weighted by molar-refractivity contribution is -0.384. The van der Waals surface area contributed by atoms with Gasteiger partial charge >= 0.3 is 0 Å². The van der Waals surface area contributed by atoms with Crippen LogP contribution in [0.25, 0.3) is 6.08 Å². The summed E-state index contributed by atoms with van der Waals surface area (Å²) in [6, 6.07) is 13.0. The van der Waals surface area contributed by atoms with Crippen molar-refractivity contribution in [3.63, 3.8) is 0 Å². The van der Waals surface area contributed by atoms with Crippen LogP contribution in [-0.2, 0) is 4.79 Å². The van der Waals surface area contributed by atoms with E-state index in [0.717, 1.165) is 11.6 Å². The second-order valence-electron chi connectivity index (χ2n) is 5.87. The molecule has 1 amide bonds. The zero-order chi connectivity index (χ0) is 19.3. The minimum atomic E-state index is -0.692. The molecule has 0 heterocycles. The van der Waals surface area contributed by atoms with Gasteiger partial charge in [0, 0.05) is 12.1 Å². The van der Waals surface area contributed by atoms with Crippen molar-refractivity contribution in [3.8, 4) is 6.07 Å². The van der Waals surface area contributed by atoms with E-state index in [1.165, 1.54) is 18.2 Å². The van der Waals surface area contributed by atoms with Crippen LogP contribution in [0.4, 0.5) is 11.4 Å². The standard InChI is InChI=1S/C19H16ClN3O3/c1-12(2)14-5-3-13(4-6-14)9-15(11-21)19(24)22-18-10-16(23(25)26)7-8-17(18)20/h3-10,12H,1-2H3,(H,22,24)/b15-9+. The van der Waals surface area contributed by atoms with Crippen LogP contribution in [0.15, 0.2) is 48.0 Å². The topological polar surface area (TPSA) is 96.0 Å². The third-order valence-electron chi connectivity index (χ3n) is 3.69. The van der Waals surface area contributed by atoms with Gasteiger partial charge < -0.3 is 5.32 Å². The van der Waals surface area contributed by atoms with E-state index in [9.17, 15) is 20.2 Å². The van der Waals surface area contributed by atoms with E-state index < -0.39 is 10.8 Å². The van der Waals surface area contributed by atoms with E-state index in [1.807, 2.05) is 30.3 Å². The number of hydrogen-bond donors (Lipinski definition) is 1. The maximum atomic E-state index is 12.3. The second kappa shape index (κ2) is 8.28. The first kappa shape index (κ1) is 19.2. The van der Waals surface area contributed by atoms with Crippen LogP contribution >= 0.6 is 11.6 Å². The van der Waals surface area contributed by atoms with Crippen LogP contribution in [0.2, 0.25) is 5.02 Å². The minimum absolute atomic E-state index is 0.0715. The lowest BCUT2D eigenvalue weighted by Crippen LogP contribution is -2.14. The van der Waals surface area contributed by atoms with Crippen LogP contribution < -0.4 is 5.32 Å². The van der Waals surface area contributed by atoms with Gasteiger partial charge in [0.15, 0.2) is 0 Å². The number of nitrogens with one attached hydrogen (secondary N) is 1. The molecule has 0 saturated carbocycles. The van der Waals surface area contributed by atoms with Crippen LogP contribution in [0.5, 0.6) is 0 Å². The first-order chi connectivity index (χ1) is 12.3. The molecule has 7 heteroatoms. The molecular weight excluding hydrogens is 354 g/mol. The number of nitro groups is 1. The molecule has 0 aliphatic heterocycles. The molecule has 2 rings (SSSR count). The molecule has 0 unspecified atom stereocenters. The summed E-state index contributed by atoms with van der Waals surface area (Å²) in [4.78, 5) is 22.6. The first-order valence-corrected chi connectivity index (χ1v) is 8.16. The number of hydrogen-bond acceptors (Lipinski definition) is 4. The van der Waals surface area contributed by atoms with E-state index in [1.54, 1.807) is 0 Å². The summed E-state index contributed by atoms with van der Waals surface area (Å²) in [6.45, 7) is 4.14. The Hall–Kier alpha value is -3.17. The summed E-state index contributed by atoms with van der Waals surface area (Å²) in [7, 11) is 0. The molecular formula is C19H16ClN3O3. The Balaban J connectivity index is 2.25. The highest BCUT2D eigenvalue weighted by Gasteiger charge is 2.15. The maximum Gasteiger partial charge on any atom is 0.271 e. The molecule has 0 saturated heterocycles. The summed E-state index contributed by atoms with van der Waals surface area (Å²) in [5.74, 6) is -0.314. The highest BCUT2D eigenvalue weighted by atomic mass is 35.5. The monoisotopic (exact) mass is 369 g/mol. The summed E-state index contributed by atoms with van der Waals surface area (Å²) in [5, 5.41) is 22.7. The highest BCUT2D eigenvalue weighted by Crippen LogP contribution is 2.27. The molecule has 2 aromatic carbocycles. The number of amides is 1. The van der Waals surface area contributed by atoms with Crippen molar-refractivity contribution < 1.29 is 9.72 Å². The number of carbonyl (C=O) groups excluding carboxylic acids is 1. The summed E-state index contributed by atoms with van der Waals surface area (Å²) in [6.07, 6.45) is 1.45. The van der Waals surface area contributed by atoms with E-state index >= 15 is 0 Å². The van der Waals surface area contributed by atoms with Gasteiger partial charge in [-0.3, -0.25) is 14.9 Å². The molecule has 0 aliphatic carbocycles. The van der Waals surface area contributed by atoms with E-state index in [-0.39, 0.29) is 22.0 Å². The van der Waals surface area contributed by atoms with Crippen molar-refractivity contribution >= 4 is 35.0 Å². The van der Waals surface area contributed by atoms with Crippen molar-refractivity contribution in [3.05, 3.63) is 74.3 Å². The van der Waals surface area contributed by atoms with Crippen LogP contribution in [0.1, 0.15) is 30.9 Å². The van der Waals surface area contributed by atoms with E-state index in [2.05, 4.69) is 19.2 Å². The largest absolute Gasteiger partial charge is 0.320 e. The molecule has 0 radical (unpaired) electrons. The number of non-ortho nitro benzene ring substituents is 1. The molecule has 26 heavy (non-hydrogen) atoms. The number of anilines is 1. The van der Waals surface area contributed by atoms with Crippen molar-refractivity contribution in [2.45, 2.75) is 19.8 Å². The van der Waals surface area contributed by atoms with Gasteiger partial charge in [0.1, 0.15) is 11.6 Å². The maximum absolute atomic E-state index is 12.3. The Bertz CT molecular complexity index is 913. The van der Waals surface area contributed by atoms with Crippen LogP contribution in [-0.4, -0.2) is 10.8 Å². The fraction of sp³-hybridized carbons (Fsp3) is 0.158. The number of benzene rings is 2. The molecule has 2 aromatic rings. The summed E-state index contributed by atoms with van der Waals surface area (Å²) < 4.78 is 0. The number of nitro benzene ring substituents is 1. The van der Waals surface area contributed by atoms with Gasteiger partial charge in [0.25, 0.3) is 11.6 Å². The van der Waals surface area contributed by atoms with E-state index in [4.69, 9.17) is 11.6 Å². The lowest BCUT2D eigenvalue weighted by atomic mass is 10.0. The van der Waals surface area contributed by atoms with Crippen LogP contribution in [0.3, 0.4) is 0 Å². The zero-order valence-corrected chi connectivity index (χ0v) is 14.9. The van der Waals surface area contributed by atoms with E-state index in [0.29, 0.717) is 11.5 Å². The molecule has 0 aromatic heterocycles. The highest BCUT2D eigenvalue weighted by molar-refractivity contribution is 6.34. The lowest BCUT2D eigenvalue weighted by Gasteiger charge is -2.07. The first-order valence-electron chi connectivity index (χ1n) is 7.79. The number of nitriles is 1. The number of halogens is 1.